The number of rotatable bonds is 7. The number of allylic oxidation sites excluding steroid dienone is 1. The summed E-state index contributed by atoms with van der Waals surface area (Å²) in [7, 11) is 0. The molecule has 28 heavy (non-hydrogen) atoms. The zero-order chi connectivity index (χ0) is 21.1. The molecule has 2 N–H and O–H groups in total. The topological polar surface area (TPSA) is 75.6 Å². The van der Waals surface area contributed by atoms with Gasteiger partial charge in [-0.15, -0.1) is 0 Å². The molecule has 154 valence electrons. The summed E-state index contributed by atoms with van der Waals surface area (Å²) in [4.78, 5) is 23.1. The quantitative estimate of drug-likeness (QED) is 0.655. The summed E-state index contributed by atoms with van der Waals surface area (Å²) < 4.78 is 5.83. The Morgan fingerprint density at radius 2 is 1.96 bits per heavy atom. The van der Waals surface area contributed by atoms with Crippen LogP contribution < -0.4 is 10.1 Å². The molecule has 0 radical (unpaired) electrons. The predicted octanol–water partition coefficient (Wildman–Crippen LogP) is 5.14. The number of carbonyl (C=O) groups is 2. The molecular weight excluding hydrogens is 378 g/mol. The molecule has 1 unspecified atom stereocenters. The molecule has 1 aromatic rings. The number of halogens is 1. The molecule has 0 spiro atoms. The van der Waals surface area contributed by atoms with Gasteiger partial charge in [0.25, 0.3) is 0 Å². The van der Waals surface area contributed by atoms with Crippen LogP contribution in [0.1, 0.15) is 65.4 Å². The Morgan fingerprint density at radius 3 is 2.54 bits per heavy atom. The second-order valence-electron chi connectivity index (χ2n) is 9.24. The standard InChI is InChI=1S/C22H30ClNO4/c1-21(2,3)13-28-18-7-6-14(10-17(18)23)15-11-19(25)24-12-16(15)22(4,5)9-8-20(26)27/h6-7,10,12,15H,8-9,11,13H2,1-5H3,(H,24,25)(H,26,27). The third kappa shape index (κ3) is 5.99. The van der Waals surface area contributed by atoms with Crippen molar-refractivity contribution in [1.82, 2.24) is 5.32 Å². The van der Waals surface area contributed by atoms with E-state index in [1.807, 2.05) is 32.0 Å². The number of hydrogen-bond acceptors (Lipinski definition) is 3. The van der Waals surface area contributed by atoms with E-state index >= 15 is 0 Å². The summed E-state index contributed by atoms with van der Waals surface area (Å²) in [6, 6.07) is 5.63. The highest BCUT2D eigenvalue weighted by Gasteiger charge is 2.34. The van der Waals surface area contributed by atoms with E-state index in [0.29, 0.717) is 30.2 Å². The van der Waals surface area contributed by atoms with Crippen molar-refractivity contribution in [3.05, 3.63) is 40.6 Å². The molecule has 1 amide bonds. The summed E-state index contributed by atoms with van der Waals surface area (Å²) in [5.74, 6) is -0.414. The van der Waals surface area contributed by atoms with E-state index in [2.05, 4.69) is 26.1 Å². The van der Waals surface area contributed by atoms with E-state index in [1.54, 1.807) is 6.20 Å². The maximum Gasteiger partial charge on any atom is 0.303 e. The lowest BCUT2D eigenvalue weighted by Crippen LogP contribution is -2.33. The third-order valence-corrected chi connectivity index (χ3v) is 5.21. The van der Waals surface area contributed by atoms with Crippen LogP contribution in [-0.4, -0.2) is 23.6 Å². The molecule has 1 aliphatic heterocycles. The number of amides is 1. The van der Waals surface area contributed by atoms with E-state index in [1.165, 1.54) is 0 Å². The van der Waals surface area contributed by atoms with Crippen LogP contribution >= 0.6 is 11.6 Å². The zero-order valence-corrected chi connectivity index (χ0v) is 18.0. The van der Waals surface area contributed by atoms with Gasteiger partial charge in [0, 0.05) is 25.0 Å². The predicted molar refractivity (Wildman–Crippen MR) is 111 cm³/mol. The molecule has 0 saturated carbocycles. The van der Waals surface area contributed by atoms with E-state index in [9.17, 15) is 9.59 Å². The highest BCUT2D eigenvalue weighted by molar-refractivity contribution is 6.32. The van der Waals surface area contributed by atoms with Crippen molar-refractivity contribution in [2.45, 2.75) is 59.8 Å². The molecule has 0 saturated heterocycles. The molecule has 2 rings (SSSR count). The number of benzene rings is 1. The van der Waals surface area contributed by atoms with Gasteiger partial charge < -0.3 is 15.2 Å². The number of ether oxygens (including phenoxy) is 1. The van der Waals surface area contributed by atoms with Crippen LogP contribution in [0.4, 0.5) is 0 Å². The maximum absolute atomic E-state index is 12.0. The smallest absolute Gasteiger partial charge is 0.303 e. The van der Waals surface area contributed by atoms with E-state index in [0.717, 1.165) is 11.1 Å². The molecule has 1 aromatic carbocycles. The fourth-order valence-electron chi connectivity index (χ4n) is 3.29. The van der Waals surface area contributed by atoms with E-state index in [4.69, 9.17) is 21.4 Å². The van der Waals surface area contributed by atoms with E-state index < -0.39 is 5.97 Å². The van der Waals surface area contributed by atoms with Crippen LogP contribution in [0.25, 0.3) is 0 Å². The van der Waals surface area contributed by atoms with Crippen LogP contribution in [-0.2, 0) is 9.59 Å². The van der Waals surface area contributed by atoms with Crippen LogP contribution in [0.5, 0.6) is 5.75 Å². The van der Waals surface area contributed by atoms with Crippen molar-refractivity contribution >= 4 is 23.5 Å². The first kappa shape index (κ1) is 22.3. The average Bonchev–Trinajstić information content (AvgIpc) is 2.58. The molecule has 1 atom stereocenters. The van der Waals surface area contributed by atoms with Crippen molar-refractivity contribution in [1.29, 1.82) is 0 Å². The van der Waals surface area contributed by atoms with Gasteiger partial charge in [0.2, 0.25) is 5.91 Å². The lowest BCUT2D eigenvalue weighted by atomic mass is 9.70. The highest BCUT2D eigenvalue weighted by Crippen LogP contribution is 2.44. The van der Waals surface area contributed by atoms with Gasteiger partial charge >= 0.3 is 5.97 Å². The minimum Gasteiger partial charge on any atom is -0.491 e. The number of carboxylic acid groups (broad SMARTS) is 1. The van der Waals surface area contributed by atoms with Gasteiger partial charge in [0.15, 0.2) is 0 Å². The summed E-state index contributed by atoms with van der Waals surface area (Å²) in [5, 5.41) is 12.3. The Morgan fingerprint density at radius 1 is 1.29 bits per heavy atom. The average molecular weight is 408 g/mol. The zero-order valence-electron chi connectivity index (χ0n) is 17.3. The fraction of sp³-hybridized carbons (Fsp3) is 0.545. The SMILES string of the molecule is CC(C)(C)COc1ccc(C2CC(=O)NC=C2C(C)(C)CCC(=O)O)cc1Cl. The van der Waals surface area contributed by atoms with Gasteiger partial charge in [-0.2, -0.15) is 0 Å². The Kier molecular flexibility index (Phi) is 6.81. The molecule has 1 heterocycles. The summed E-state index contributed by atoms with van der Waals surface area (Å²) in [6.07, 6.45) is 2.60. The van der Waals surface area contributed by atoms with Gasteiger partial charge in [-0.25, -0.2) is 0 Å². The summed E-state index contributed by atoms with van der Waals surface area (Å²) >= 11 is 6.46. The number of aliphatic carboxylic acids is 1. The Bertz CT molecular complexity index is 777. The number of carboxylic acids is 1. The van der Waals surface area contributed by atoms with Gasteiger partial charge in [0.1, 0.15) is 5.75 Å². The molecule has 5 nitrogen and oxygen atoms in total. The first-order chi connectivity index (χ1) is 12.9. The van der Waals surface area contributed by atoms with Crippen molar-refractivity contribution in [3.8, 4) is 5.75 Å². The van der Waals surface area contributed by atoms with Crippen LogP contribution in [0, 0.1) is 10.8 Å². The molecule has 1 aliphatic rings. The van der Waals surface area contributed by atoms with Crippen molar-refractivity contribution < 1.29 is 19.4 Å². The largest absolute Gasteiger partial charge is 0.491 e. The Hall–Kier alpha value is -2.01. The number of hydrogen-bond donors (Lipinski definition) is 2. The summed E-state index contributed by atoms with van der Waals surface area (Å²) in [5.41, 5.74) is 1.59. The molecule has 0 aliphatic carbocycles. The molecular formula is C22H30ClNO4. The number of nitrogens with one attached hydrogen (secondary N) is 1. The van der Waals surface area contributed by atoms with Gasteiger partial charge in [-0.3, -0.25) is 9.59 Å². The lowest BCUT2D eigenvalue weighted by molar-refractivity contribution is -0.137. The molecule has 0 fully saturated rings. The molecule has 0 bridgehead atoms. The van der Waals surface area contributed by atoms with Crippen molar-refractivity contribution in [2.24, 2.45) is 10.8 Å². The van der Waals surface area contributed by atoms with Gasteiger partial charge in [0.05, 0.1) is 11.6 Å². The van der Waals surface area contributed by atoms with Crippen molar-refractivity contribution in [3.63, 3.8) is 0 Å². The molecule has 0 aromatic heterocycles. The number of carbonyl (C=O) groups excluding carboxylic acids is 1. The first-order valence-corrected chi connectivity index (χ1v) is 9.91. The normalized spacial score (nSPS) is 17.7. The third-order valence-electron chi connectivity index (χ3n) is 4.92. The fourth-order valence-corrected chi connectivity index (χ4v) is 3.53. The Balaban J connectivity index is 2.28. The van der Waals surface area contributed by atoms with Gasteiger partial charge in [-0.1, -0.05) is 52.3 Å². The Labute approximate surface area is 172 Å². The van der Waals surface area contributed by atoms with Crippen LogP contribution in [0.2, 0.25) is 5.02 Å². The lowest BCUT2D eigenvalue weighted by Gasteiger charge is -2.36. The monoisotopic (exact) mass is 407 g/mol. The highest BCUT2D eigenvalue weighted by atomic mass is 35.5. The summed E-state index contributed by atoms with van der Waals surface area (Å²) in [6.45, 7) is 10.8. The van der Waals surface area contributed by atoms with Crippen LogP contribution in [0.15, 0.2) is 30.0 Å². The van der Waals surface area contributed by atoms with Crippen molar-refractivity contribution in [2.75, 3.05) is 6.61 Å². The minimum atomic E-state index is -0.825. The second-order valence-corrected chi connectivity index (χ2v) is 9.65. The maximum atomic E-state index is 12.0. The van der Waals surface area contributed by atoms with Crippen LogP contribution in [0.3, 0.4) is 0 Å². The first-order valence-electron chi connectivity index (χ1n) is 9.53. The second kappa shape index (κ2) is 8.56. The van der Waals surface area contributed by atoms with Gasteiger partial charge in [-0.05, 0) is 40.5 Å². The molecule has 6 heteroatoms. The van der Waals surface area contributed by atoms with E-state index in [-0.39, 0.29) is 29.1 Å². The minimum absolute atomic E-state index is 0.0214.